The van der Waals surface area contributed by atoms with Gasteiger partial charge in [-0.3, -0.25) is 0 Å². The molecule has 130 valence electrons. The predicted octanol–water partition coefficient (Wildman–Crippen LogP) is 2.89. The van der Waals surface area contributed by atoms with E-state index in [1.54, 1.807) is 13.1 Å². The van der Waals surface area contributed by atoms with Crippen LogP contribution < -0.4 is 14.2 Å². The molecule has 2 atom stereocenters. The molecule has 2 heterocycles. The molecule has 2 aliphatic heterocycles. The Bertz CT molecular complexity index is 905. The van der Waals surface area contributed by atoms with Crippen molar-refractivity contribution in [1.29, 1.82) is 0 Å². The van der Waals surface area contributed by atoms with Gasteiger partial charge < -0.3 is 29.2 Å². The number of aromatic hydroxyl groups is 1. The fraction of sp³-hybridized carbons (Fsp3) is 0.368. The van der Waals surface area contributed by atoms with Crippen LogP contribution in [0, 0.1) is 5.21 Å². The summed E-state index contributed by atoms with van der Waals surface area (Å²) in [7, 11) is 3.26. The summed E-state index contributed by atoms with van der Waals surface area (Å²) in [6, 6.07) is 5.47. The highest BCUT2D eigenvalue weighted by Crippen LogP contribution is 2.58. The van der Waals surface area contributed by atoms with Crippen LogP contribution in [0.2, 0.25) is 0 Å². The van der Waals surface area contributed by atoms with E-state index < -0.39 is 0 Å². The molecule has 1 N–H and O–H groups in total. The number of phenolic OH excluding ortho intramolecular Hbond substituents is 1. The second-order valence-electron chi connectivity index (χ2n) is 7.08. The third kappa shape index (κ3) is 1.86. The van der Waals surface area contributed by atoms with Crippen LogP contribution in [0.3, 0.4) is 0 Å². The third-order valence-electron chi connectivity index (χ3n) is 5.72. The smallest absolute Gasteiger partial charge is 0.231 e. The van der Waals surface area contributed by atoms with E-state index in [0.717, 1.165) is 22.3 Å². The highest BCUT2D eigenvalue weighted by molar-refractivity contribution is 5.88. The van der Waals surface area contributed by atoms with Gasteiger partial charge in [-0.1, -0.05) is 6.07 Å². The molecule has 0 radical (unpaired) electrons. The summed E-state index contributed by atoms with van der Waals surface area (Å²) in [4.78, 5) is 0. The van der Waals surface area contributed by atoms with Crippen molar-refractivity contribution < 1.29 is 24.0 Å². The van der Waals surface area contributed by atoms with Gasteiger partial charge in [0.2, 0.25) is 6.79 Å². The summed E-state index contributed by atoms with van der Waals surface area (Å²) in [5.74, 6) is 1.81. The number of hydrogen-bond donors (Lipinski definition) is 1. The molecule has 0 saturated heterocycles. The average Bonchev–Trinajstić information content (AvgIpc) is 3.06. The number of methoxy groups -OCH3 is 1. The second kappa shape index (κ2) is 4.80. The molecule has 0 amide bonds. The molecule has 0 saturated carbocycles. The number of benzene rings is 2. The largest absolute Gasteiger partial charge is 0.633 e. The van der Waals surface area contributed by atoms with E-state index in [2.05, 4.69) is 0 Å². The Balaban J connectivity index is 1.89. The number of nitrogens with zero attached hydrogens (tertiary/aromatic N) is 1. The van der Waals surface area contributed by atoms with Crippen molar-refractivity contribution in [2.75, 3.05) is 27.5 Å². The van der Waals surface area contributed by atoms with E-state index in [0.29, 0.717) is 42.2 Å². The van der Waals surface area contributed by atoms with E-state index in [1.807, 2.05) is 12.1 Å². The second-order valence-corrected chi connectivity index (χ2v) is 7.08. The molecule has 0 bridgehead atoms. The molecule has 6 heteroatoms. The van der Waals surface area contributed by atoms with Gasteiger partial charge in [0, 0.05) is 29.5 Å². The number of hydrogen-bond acceptors (Lipinski definition) is 5. The fourth-order valence-corrected chi connectivity index (χ4v) is 4.45. The first-order valence-electron chi connectivity index (χ1n) is 8.42. The molecule has 0 spiro atoms. The number of phenols is 1. The van der Waals surface area contributed by atoms with Gasteiger partial charge in [0.25, 0.3) is 0 Å². The van der Waals surface area contributed by atoms with Crippen LogP contribution >= 0.6 is 0 Å². The Morgan fingerprint density at radius 2 is 2.08 bits per heavy atom. The molecule has 0 aromatic heterocycles. The summed E-state index contributed by atoms with van der Waals surface area (Å²) in [6.45, 7) is 0.688. The van der Waals surface area contributed by atoms with E-state index in [1.165, 1.54) is 7.11 Å². The molecule has 1 unspecified atom stereocenters. The van der Waals surface area contributed by atoms with Crippen LogP contribution in [-0.2, 0) is 12.8 Å². The van der Waals surface area contributed by atoms with Crippen molar-refractivity contribution in [2.45, 2.75) is 18.9 Å². The van der Waals surface area contributed by atoms with Gasteiger partial charge in [0.15, 0.2) is 23.0 Å². The highest BCUT2D eigenvalue weighted by atomic mass is 16.7. The number of fused-ring (bicyclic) bond motifs is 4. The number of hydroxylamine groups is 3. The Labute approximate surface area is 145 Å². The molecule has 25 heavy (non-hydrogen) atoms. The SMILES string of the molecule is COc1ccc2c(c1O)-c1c3c(cc4c1[C@H](C2)[N+](C)([O-])CC4)OCO3. The van der Waals surface area contributed by atoms with Gasteiger partial charge in [-0.2, -0.15) is 0 Å². The summed E-state index contributed by atoms with van der Waals surface area (Å²) in [5.41, 5.74) is 4.55. The van der Waals surface area contributed by atoms with Crippen LogP contribution in [0.15, 0.2) is 18.2 Å². The van der Waals surface area contributed by atoms with E-state index >= 15 is 0 Å². The molecular formula is C19H19NO5. The summed E-state index contributed by atoms with van der Waals surface area (Å²) < 4.78 is 16.3. The first kappa shape index (κ1) is 14.9. The van der Waals surface area contributed by atoms with E-state index in [4.69, 9.17) is 14.2 Å². The van der Waals surface area contributed by atoms with Gasteiger partial charge in [0.1, 0.15) is 6.04 Å². The quantitative estimate of drug-likeness (QED) is 0.638. The lowest BCUT2D eigenvalue weighted by Crippen LogP contribution is -2.48. The van der Waals surface area contributed by atoms with Crippen molar-refractivity contribution in [2.24, 2.45) is 0 Å². The topological polar surface area (TPSA) is 71.0 Å². The normalized spacial score (nSPS) is 25.3. The minimum Gasteiger partial charge on any atom is -0.633 e. The molecule has 6 nitrogen and oxygen atoms in total. The van der Waals surface area contributed by atoms with Crippen molar-refractivity contribution in [1.82, 2.24) is 0 Å². The van der Waals surface area contributed by atoms with Gasteiger partial charge in [-0.25, -0.2) is 0 Å². The number of likely N-dealkylation sites (N-methyl/N-ethyl adjacent to an activating group) is 1. The fourth-order valence-electron chi connectivity index (χ4n) is 4.45. The van der Waals surface area contributed by atoms with Gasteiger partial charge in [-0.15, -0.1) is 0 Å². The zero-order valence-corrected chi connectivity index (χ0v) is 14.2. The van der Waals surface area contributed by atoms with Gasteiger partial charge >= 0.3 is 0 Å². The maximum absolute atomic E-state index is 13.1. The lowest BCUT2D eigenvalue weighted by Gasteiger charge is -2.51. The zero-order valence-electron chi connectivity index (χ0n) is 14.2. The first-order chi connectivity index (χ1) is 12.0. The standard InChI is InChI=1S/C19H19NO5/c1-20(22)6-5-11-8-14-19(25-9-24-14)17-15(11)12(20)7-10-3-4-13(23-2)18(21)16(10)17/h3-4,8,12,21H,5-7,9H2,1-2H3/t12-,20?/m0/s1. The molecule has 1 aliphatic carbocycles. The Morgan fingerprint density at radius 3 is 2.88 bits per heavy atom. The molecule has 0 fully saturated rings. The Morgan fingerprint density at radius 1 is 1.24 bits per heavy atom. The van der Waals surface area contributed by atoms with E-state index in [9.17, 15) is 10.3 Å². The summed E-state index contributed by atoms with van der Waals surface area (Å²) in [6.07, 6.45) is 1.28. The minimum atomic E-state index is -0.314. The van der Waals surface area contributed by atoms with Crippen LogP contribution in [0.1, 0.15) is 22.7 Å². The van der Waals surface area contributed by atoms with E-state index in [-0.39, 0.29) is 23.2 Å². The highest BCUT2D eigenvalue weighted by Gasteiger charge is 2.43. The zero-order chi connectivity index (χ0) is 17.3. The molecule has 5 rings (SSSR count). The number of rotatable bonds is 1. The van der Waals surface area contributed by atoms with Crippen molar-refractivity contribution in [3.8, 4) is 34.1 Å². The van der Waals surface area contributed by atoms with Crippen LogP contribution in [0.5, 0.6) is 23.0 Å². The lowest BCUT2D eigenvalue weighted by molar-refractivity contribution is -0.894. The van der Waals surface area contributed by atoms with Gasteiger partial charge in [-0.05, 0) is 23.3 Å². The molecule has 2 aromatic rings. The van der Waals surface area contributed by atoms with Crippen LogP contribution in [0.25, 0.3) is 11.1 Å². The van der Waals surface area contributed by atoms with Crippen molar-refractivity contribution >= 4 is 0 Å². The van der Waals surface area contributed by atoms with Crippen LogP contribution in [-0.4, -0.2) is 37.2 Å². The summed E-state index contributed by atoms with van der Waals surface area (Å²) >= 11 is 0. The lowest BCUT2D eigenvalue weighted by atomic mass is 9.76. The average molecular weight is 341 g/mol. The Hall–Kier alpha value is -2.44. The summed E-state index contributed by atoms with van der Waals surface area (Å²) in [5, 5.41) is 23.9. The first-order valence-corrected chi connectivity index (χ1v) is 8.42. The maximum atomic E-state index is 13.1. The maximum Gasteiger partial charge on any atom is 0.231 e. The van der Waals surface area contributed by atoms with Crippen molar-refractivity contribution in [3.63, 3.8) is 0 Å². The van der Waals surface area contributed by atoms with Crippen LogP contribution in [0.4, 0.5) is 0 Å². The predicted molar refractivity (Wildman–Crippen MR) is 90.8 cm³/mol. The third-order valence-corrected chi connectivity index (χ3v) is 5.72. The van der Waals surface area contributed by atoms with Crippen molar-refractivity contribution in [3.05, 3.63) is 40.1 Å². The van der Waals surface area contributed by atoms with Gasteiger partial charge in [0.05, 0.1) is 20.7 Å². The monoisotopic (exact) mass is 341 g/mol. The molecular weight excluding hydrogens is 322 g/mol. The number of ether oxygens (including phenoxy) is 3. The minimum absolute atomic E-state index is 0.0928. The molecule has 2 aromatic carbocycles. The number of quaternary nitrogens is 1. The Kier molecular flexibility index (Phi) is 2.86. The molecule has 3 aliphatic rings.